The molecule has 2 N–H and O–H groups in total. The van der Waals surface area contributed by atoms with E-state index in [2.05, 4.69) is 5.32 Å². The Kier molecular flexibility index (Phi) is 5.93. The molecular weight excluding hydrogens is 277 g/mol. The van der Waals surface area contributed by atoms with E-state index in [0.717, 1.165) is 5.56 Å². The lowest BCUT2D eigenvalue weighted by molar-refractivity contribution is -0.133. The molecule has 5 nitrogen and oxygen atoms in total. The Morgan fingerprint density at radius 1 is 1.38 bits per heavy atom. The van der Waals surface area contributed by atoms with Gasteiger partial charge in [0.2, 0.25) is 0 Å². The molecule has 0 unspecified atom stereocenters. The third-order valence-electron chi connectivity index (χ3n) is 3.75. The number of rotatable bonds is 6. The fourth-order valence-corrected chi connectivity index (χ4v) is 2.50. The van der Waals surface area contributed by atoms with Crippen LogP contribution >= 0.6 is 0 Å². The summed E-state index contributed by atoms with van der Waals surface area (Å²) in [5.74, 6) is 0.287. The van der Waals surface area contributed by atoms with Crippen LogP contribution in [0.15, 0.2) is 18.2 Å². The van der Waals surface area contributed by atoms with Gasteiger partial charge in [-0.3, -0.25) is 0 Å². The van der Waals surface area contributed by atoms with E-state index in [9.17, 15) is 9.50 Å². The van der Waals surface area contributed by atoms with Crippen molar-refractivity contribution in [3.63, 3.8) is 0 Å². The topological polar surface area (TPSA) is 60.0 Å². The van der Waals surface area contributed by atoms with Gasteiger partial charge in [0.15, 0.2) is 0 Å². The Hall–Kier alpha value is -1.21. The molecule has 118 valence electrons. The fourth-order valence-electron chi connectivity index (χ4n) is 2.50. The first-order valence-electron chi connectivity index (χ1n) is 6.97. The van der Waals surface area contributed by atoms with Crippen LogP contribution in [-0.2, 0) is 16.0 Å². The summed E-state index contributed by atoms with van der Waals surface area (Å²) in [5, 5.41) is 13.3. The largest absolute Gasteiger partial charge is 0.496 e. The Labute approximate surface area is 124 Å². The molecule has 21 heavy (non-hydrogen) atoms. The number of aliphatic hydroxyl groups is 1. The SMILES string of the molecule is COc1ccc(F)cc1CNC[C@@H]1COC[C@@H](OC)[C@H]1O. The number of hydrogen-bond donors (Lipinski definition) is 2. The number of methoxy groups -OCH3 is 2. The van der Waals surface area contributed by atoms with Crippen molar-refractivity contribution in [3.8, 4) is 5.75 Å². The van der Waals surface area contributed by atoms with E-state index in [0.29, 0.717) is 32.1 Å². The van der Waals surface area contributed by atoms with E-state index >= 15 is 0 Å². The van der Waals surface area contributed by atoms with Gasteiger partial charge in [0, 0.05) is 31.7 Å². The number of halogens is 1. The summed E-state index contributed by atoms with van der Waals surface area (Å²) >= 11 is 0. The maximum Gasteiger partial charge on any atom is 0.123 e. The van der Waals surface area contributed by atoms with Crippen LogP contribution in [0.2, 0.25) is 0 Å². The quantitative estimate of drug-likeness (QED) is 0.819. The lowest BCUT2D eigenvalue weighted by Gasteiger charge is -2.34. The van der Waals surface area contributed by atoms with Gasteiger partial charge in [0.25, 0.3) is 0 Å². The molecule has 2 rings (SSSR count). The maximum absolute atomic E-state index is 13.3. The molecule has 0 aromatic heterocycles. The van der Waals surface area contributed by atoms with Crippen molar-refractivity contribution in [1.29, 1.82) is 0 Å². The van der Waals surface area contributed by atoms with Gasteiger partial charge in [-0.1, -0.05) is 0 Å². The number of nitrogens with one attached hydrogen (secondary N) is 1. The van der Waals surface area contributed by atoms with Gasteiger partial charge >= 0.3 is 0 Å². The summed E-state index contributed by atoms with van der Waals surface area (Å²) in [6.07, 6.45) is -0.861. The zero-order chi connectivity index (χ0) is 15.2. The van der Waals surface area contributed by atoms with Crippen LogP contribution in [0.4, 0.5) is 4.39 Å². The average Bonchev–Trinajstić information content (AvgIpc) is 2.49. The van der Waals surface area contributed by atoms with Crippen LogP contribution in [0, 0.1) is 11.7 Å². The van der Waals surface area contributed by atoms with Crippen LogP contribution in [-0.4, -0.2) is 51.3 Å². The fraction of sp³-hybridized carbons (Fsp3) is 0.600. The number of benzene rings is 1. The molecule has 1 aromatic rings. The summed E-state index contributed by atoms with van der Waals surface area (Å²) in [5.41, 5.74) is 0.743. The van der Waals surface area contributed by atoms with E-state index in [1.807, 2.05) is 0 Å². The highest BCUT2D eigenvalue weighted by atomic mass is 19.1. The van der Waals surface area contributed by atoms with Crippen molar-refractivity contribution >= 4 is 0 Å². The Morgan fingerprint density at radius 3 is 2.90 bits per heavy atom. The lowest BCUT2D eigenvalue weighted by atomic mass is 9.96. The van der Waals surface area contributed by atoms with Crippen LogP contribution in [0.1, 0.15) is 5.56 Å². The van der Waals surface area contributed by atoms with Crippen molar-refractivity contribution in [2.75, 3.05) is 34.0 Å². The minimum atomic E-state index is -0.564. The minimum absolute atomic E-state index is 0.0525. The zero-order valence-corrected chi connectivity index (χ0v) is 12.3. The van der Waals surface area contributed by atoms with E-state index in [1.165, 1.54) is 12.1 Å². The third-order valence-corrected chi connectivity index (χ3v) is 3.75. The molecule has 1 fully saturated rings. The second-order valence-electron chi connectivity index (χ2n) is 5.15. The molecule has 0 amide bonds. The molecule has 1 saturated heterocycles. The maximum atomic E-state index is 13.3. The van der Waals surface area contributed by atoms with Gasteiger partial charge < -0.3 is 24.6 Å². The van der Waals surface area contributed by atoms with Gasteiger partial charge in [-0.15, -0.1) is 0 Å². The van der Waals surface area contributed by atoms with Gasteiger partial charge in [0.05, 0.1) is 26.4 Å². The summed E-state index contributed by atoms with van der Waals surface area (Å²) in [4.78, 5) is 0. The van der Waals surface area contributed by atoms with Gasteiger partial charge in [-0.05, 0) is 18.2 Å². The van der Waals surface area contributed by atoms with Crippen molar-refractivity contribution in [2.24, 2.45) is 5.92 Å². The van der Waals surface area contributed by atoms with Crippen LogP contribution in [0.5, 0.6) is 5.75 Å². The molecule has 1 heterocycles. The van der Waals surface area contributed by atoms with Crippen molar-refractivity contribution in [1.82, 2.24) is 5.32 Å². The van der Waals surface area contributed by atoms with Crippen molar-refractivity contribution < 1.29 is 23.7 Å². The first-order chi connectivity index (χ1) is 10.2. The highest BCUT2D eigenvalue weighted by Crippen LogP contribution is 2.20. The van der Waals surface area contributed by atoms with Crippen molar-refractivity contribution in [2.45, 2.75) is 18.8 Å². The van der Waals surface area contributed by atoms with E-state index < -0.39 is 6.10 Å². The van der Waals surface area contributed by atoms with E-state index in [4.69, 9.17) is 14.2 Å². The lowest BCUT2D eigenvalue weighted by Crippen LogP contribution is -2.48. The molecule has 6 heteroatoms. The molecule has 0 bridgehead atoms. The molecule has 0 spiro atoms. The molecule has 1 aromatic carbocycles. The second-order valence-corrected chi connectivity index (χ2v) is 5.15. The van der Waals surface area contributed by atoms with Gasteiger partial charge in [-0.25, -0.2) is 4.39 Å². The summed E-state index contributed by atoms with van der Waals surface area (Å²) in [6.45, 7) is 1.91. The molecule has 1 aliphatic rings. The highest BCUT2D eigenvalue weighted by Gasteiger charge is 2.32. The molecule has 0 radical (unpaired) electrons. The van der Waals surface area contributed by atoms with Crippen molar-refractivity contribution in [3.05, 3.63) is 29.6 Å². The first kappa shape index (κ1) is 16.2. The highest BCUT2D eigenvalue weighted by molar-refractivity contribution is 5.33. The molecular formula is C15H22FNO4. The monoisotopic (exact) mass is 299 g/mol. The Morgan fingerprint density at radius 2 is 2.19 bits per heavy atom. The molecule has 0 saturated carbocycles. The first-order valence-corrected chi connectivity index (χ1v) is 6.97. The van der Waals surface area contributed by atoms with E-state index in [-0.39, 0.29) is 17.8 Å². The van der Waals surface area contributed by atoms with Gasteiger partial charge in [-0.2, -0.15) is 0 Å². The molecule has 3 atom stereocenters. The smallest absolute Gasteiger partial charge is 0.123 e. The van der Waals surface area contributed by atoms with Crippen LogP contribution < -0.4 is 10.1 Å². The third kappa shape index (κ3) is 4.14. The summed E-state index contributed by atoms with van der Waals surface area (Å²) in [7, 11) is 3.11. The minimum Gasteiger partial charge on any atom is -0.496 e. The van der Waals surface area contributed by atoms with E-state index in [1.54, 1.807) is 20.3 Å². The number of hydrogen-bond acceptors (Lipinski definition) is 5. The van der Waals surface area contributed by atoms with Gasteiger partial charge in [0.1, 0.15) is 17.7 Å². The number of ether oxygens (including phenoxy) is 3. The number of aliphatic hydroxyl groups excluding tert-OH is 1. The summed E-state index contributed by atoms with van der Waals surface area (Å²) < 4.78 is 29.1. The van der Waals surface area contributed by atoms with Crippen LogP contribution in [0.3, 0.4) is 0 Å². The standard InChI is InChI=1S/C15H22FNO4/c1-19-13-4-3-12(16)5-10(13)6-17-7-11-8-21-9-14(20-2)15(11)18/h3-5,11,14-15,17-18H,6-9H2,1-2H3/t11-,14-,15+/m1/s1. The van der Waals surface area contributed by atoms with Crippen LogP contribution in [0.25, 0.3) is 0 Å². The normalized spacial score (nSPS) is 25.8. The molecule has 0 aliphatic carbocycles. The Bertz CT molecular complexity index is 457. The predicted octanol–water partition coefficient (Wildman–Crippen LogP) is 0.946. The molecule has 1 aliphatic heterocycles. The second kappa shape index (κ2) is 7.70. The average molecular weight is 299 g/mol. The zero-order valence-electron chi connectivity index (χ0n) is 12.3. The summed E-state index contributed by atoms with van der Waals surface area (Å²) in [6, 6.07) is 4.41. The predicted molar refractivity (Wildman–Crippen MR) is 75.8 cm³/mol. The Balaban J connectivity index is 1.88.